The van der Waals surface area contributed by atoms with Crippen LogP contribution in [0.2, 0.25) is 5.02 Å². The summed E-state index contributed by atoms with van der Waals surface area (Å²) < 4.78 is 5.53. The molecule has 3 aromatic rings. The molecular formula is C28H30ClN3O2. The molecule has 1 fully saturated rings. The molecule has 0 spiro atoms. The first kappa shape index (κ1) is 22.8. The van der Waals surface area contributed by atoms with Gasteiger partial charge in [-0.25, -0.2) is 0 Å². The highest BCUT2D eigenvalue weighted by Gasteiger charge is 2.27. The predicted octanol–water partition coefficient (Wildman–Crippen LogP) is 5.32. The van der Waals surface area contributed by atoms with E-state index < -0.39 is 0 Å². The van der Waals surface area contributed by atoms with Crippen molar-refractivity contribution in [3.8, 4) is 5.75 Å². The lowest BCUT2D eigenvalue weighted by molar-refractivity contribution is -0.118. The number of fused-ring (bicyclic) bond motifs is 2. The lowest BCUT2D eigenvalue weighted by Crippen LogP contribution is -2.47. The molecule has 2 aliphatic rings. The van der Waals surface area contributed by atoms with Gasteiger partial charge in [0.2, 0.25) is 5.91 Å². The molecule has 0 atom stereocenters. The molecule has 5 nitrogen and oxygen atoms in total. The van der Waals surface area contributed by atoms with Crippen LogP contribution in [0.5, 0.6) is 5.75 Å². The zero-order valence-corrected chi connectivity index (χ0v) is 20.3. The smallest absolute Gasteiger partial charge is 0.232 e. The van der Waals surface area contributed by atoms with Gasteiger partial charge in [-0.1, -0.05) is 48.0 Å². The van der Waals surface area contributed by atoms with Gasteiger partial charge in [-0.3, -0.25) is 14.6 Å². The molecule has 0 unspecified atom stereocenters. The number of ether oxygens (including phenoxy) is 1. The standard InChI is InChI=1S/C28H30ClN3O2/c1-34-27-9-5-4-8-25(27)31-18-16-30(17-19-31)15-14-28(33)32-24-7-3-2-6-21(24)10-11-22-12-13-23(29)20-26(22)32/h2-9,12-13,20H,10-11,14-19H2,1H3. The van der Waals surface area contributed by atoms with Gasteiger partial charge in [-0.2, -0.15) is 0 Å². The van der Waals surface area contributed by atoms with Crippen LogP contribution in [0, 0.1) is 0 Å². The minimum atomic E-state index is 0.116. The second-order valence-electron chi connectivity index (χ2n) is 8.88. The fourth-order valence-corrected chi connectivity index (χ4v) is 5.20. The van der Waals surface area contributed by atoms with Crippen LogP contribution in [0.4, 0.5) is 17.1 Å². The number of rotatable bonds is 5. The van der Waals surface area contributed by atoms with Crippen molar-refractivity contribution >= 4 is 34.6 Å². The van der Waals surface area contributed by atoms with Crippen LogP contribution in [-0.4, -0.2) is 50.6 Å². The number of halogens is 1. The molecule has 0 aliphatic carbocycles. The molecule has 0 bridgehead atoms. The van der Waals surface area contributed by atoms with Crippen LogP contribution < -0.4 is 14.5 Å². The quantitative estimate of drug-likeness (QED) is 0.500. The Morgan fingerprint density at radius 1 is 0.853 bits per heavy atom. The first-order valence-electron chi connectivity index (χ1n) is 11.9. The van der Waals surface area contributed by atoms with Gasteiger partial charge in [0.1, 0.15) is 5.75 Å². The third-order valence-corrected chi connectivity index (χ3v) is 7.11. The zero-order chi connectivity index (χ0) is 23.5. The average molecular weight is 476 g/mol. The summed E-state index contributed by atoms with van der Waals surface area (Å²) in [5, 5.41) is 0.656. The van der Waals surface area contributed by atoms with Gasteiger partial charge in [0, 0.05) is 44.2 Å². The van der Waals surface area contributed by atoms with E-state index in [0.29, 0.717) is 11.4 Å². The summed E-state index contributed by atoms with van der Waals surface area (Å²) in [6.07, 6.45) is 2.28. The van der Waals surface area contributed by atoms with Crippen LogP contribution in [0.1, 0.15) is 17.5 Å². The molecule has 2 heterocycles. The number of benzene rings is 3. The number of amides is 1. The molecule has 0 saturated carbocycles. The fraction of sp³-hybridized carbons (Fsp3) is 0.321. The van der Waals surface area contributed by atoms with Crippen LogP contribution >= 0.6 is 11.6 Å². The molecule has 6 heteroatoms. The van der Waals surface area contributed by atoms with Gasteiger partial charge in [0.05, 0.1) is 24.2 Å². The summed E-state index contributed by atoms with van der Waals surface area (Å²) in [7, 11) is 1.72. The molecule has 0 aromatic heterocycles. The van der Waals surface area contributed by atoms with Gasteiger partial charge in [0.15, 0.2) is 0 Å². The van der Waals surface area contributed by atoms with Crippen molar-refractivity contribution in [2.75, 3.05) is 49.6 Å². The third-order valence-electron chi connectivity index (χ3n) is 6.87. The molecule has 1 saturated heterocycles. The number of hydrogen-bond donors (Lipinski definition) is 0. The molecule has 0 N–H and O–H groups in total. The Morgan fingerprint density at radius 3 is 2.29 bits per heavy atom. The summed E-state index contributed by atoms with van der Waals surface area (Å²) >= 11 is 6.35. The van der Waals surface area contributed by atoms with Crippen LogP contribution in [0.3, 0.4) is 0 Å². The van der Waals surface area contributed by atoms with E-state index >= 15 is 0 Å². The van der Waals surface area contributed by atoms with Gasteiger partial charge >= 0.3 is 0 Å². The maximum absolute atomic E-state index is 13.6. The van der Waals surface area contributed by atoms with E-state index in [1.54, 1.807) is 7.11 Å². The minimum absolute atomic E-state index is 0.116. The Kier molecular flexibility index (Phi) is 6.75. The van der Waals surface area contributed by atoms with Gasteiger partial charge < -0.3 is 9.64 Å². The third kappa shape index (κ3) is 4.63. The van der Waals surface area contributed by atoms with Crippen LogP contribution in [-0.2, 0) is 17.6 Å². The van der Waals surface area contributed by atoms with Crippen molar-refractivity contribution in [1.29, 1.82) is 0 Å². The first-order chi connectivity index (χ1) is 16.6. The Labute approximate surface area is 206 Å². The van der Waals surface area contributed by atoms with E-state index in [1.165, 1.54) is 11.1 Å². The molecule has 34 heavy (non-hydrogen) atoms. The van der Waals surface area contributed by atoms with E-state index in [1.807, 2.05) is 47.4 Å². The number of methoxy groups -OCH3 is 1. The number of anilines is 3. The highest BCUT2D eigenvalue weighted by Crippen LogP contribution is 2.38. The van der Waals surface area contributed by atoms with Crippen molar-refractivity contribution in [3.05, 3.63) is 82.9 Å². The second-order valence-corrected chi connectivity index (χ2v) is 9.32. The number of piperazine rings is 1. The fourth-order valence-electron chi connectivity index (χ4n) is 5.03. The van der Waals surface area contributed by atoms with Crippen molar-refractivity contribution in [1.82, 2.24) is 4.90 Å². The number of nitrogens with zero attached hydrogens (tertiary/aromatic N) is 3. The van der Waals surface area contributed by atoms with Gasteiger partial charge in [-0.15, -0.1) is 0 Å². The van der Waals surface area contributed by atoms with Crippen molar-refractivity contribution in [2.45, 2.75) is 19.3 Å². The molecular weight excluding hydrogens is 446 g/mol. The first-order valence-corrected chi connectivity index (χ1v) is 12.3. The number of para-hydroxylation sites is 3. The summed E-state index contributed by atoms with van der Waals surface area (Å²) in [4.78, 5) is 20.3. The van der Waals surface area contributed by atoms with Crippen molar-refractivity contribution in [3.63, 3.8) is 0 Å². The van der Waals surface area contributed by atoms with E-state index in [2.05, 4.69) is 34.1 Å². The lowest BCUT2D eigenvalue weighted by atomic mass is 10.0. The number of hydrogen-bond acceptors (Lipinski definition) is 4. The molecule has 1 amide bonds. The van der Waals surface area contributed by atoms with E-state index in [4.69, 9.17) is 16.3 Å². The summed E-state index contributed by atoms with van der Waals surface area (Å²) in [6.45, 7) is 4.42. The number of carbonyl (C=O) groups excluding carboxylic acids is 1. The van der Waals surface area contributed by atoms with E-state index in [0.717, 1.165) is 68.4 Å². The Hall–Kier alpha value is -3.02. The SMILES string of the molecule is COc1ccccc1N1CCN(CCC(=O)N2c3ccccc3CCc3ccc(Cl)cc32)CC1. The normalized spacial score (nSPS) is 15.9. The zero-order valence-electron chi connectivity index (χ0n) is 19.5. The highest BCUT2D eigenvalue weighted by molar-refractivity contribution is 6.31. The summed E-state index contributed by atoms with van der Waals surface area (Å²) in [5.74, 6) is 1.02. The Balaban J connectivity index is 1.28. The summed E-state index contributed by atoms with van der Waals surface area (Å²) in [6, 6.07) is 22.3. The number of aryl methyl sites for hydroxylation is 2. The van der Waals surface area contributed by atoms with Crippen molar-refractivity contribution in [2.24, 2.45) is 0 Å². The topological polar surface area (TPSA) is 36.0 Å². The maximum atomic E-state index is 13.6. The highest BCUT2D eigenvalue weighted by atomic mass is 35.5. The van der Waals surface area contributed by atoms with E-state index in [-0.39, 0.29) is 5.91 Å². The largest absolute Gasteiger partial charge is 0.495 e. The molecule has 176 valence electrons. The van der Waals surface area contributed by atoms with Gasteiger partial charge in [0.25, 0.3) is 0 Å². The molecule has 3 aromatic carbocycles. The van der Waals surface area contributed by atoms with Crippen LogP contribution in [0.25, 0.3) is 0 Å². The lowest BCUT2D eigenvalue weighted by Gasteiger charge is -2.36. The van der Waals surface area contributed by atoms with Gasteiger partial charge in [-0.05, 0) is 54.3 Å². The predicted molar refractivity (Wildman–Crippen MR) is 139 cm³/mol. The number of carbonyl (C=O) groups is 1. The second kappa shape index (κ2) is 10.1. The molecule has 0 radical (unpaired) electrons. The average Bonchev–Trinajstić information content (AvgIpc) is 3.04. The maximum Gasteiger partial charge on any atom is 0.232 e. The summed E-state index contributed by atoms with van der Waals surface area (Å²) in [5.41, 5.74) is 5.40. The van der Waals surface area contributed by atoms with E-state index in [9.17, 15) is 4.79 Å². The Bertz CT molecular complexity index is 1170. The Morgan fingerprint density at radius 2 is 1.53 bits per heavy atom. The molecule has 5 rings (SSSR count). The van der Waals surface area contributed by atoms with Crippen LogP contribution in [0.15, 0.2) is 66.7 Å². The minimum Gasteiger partial charge on any atom is -0.495 e. The van der Waals surface area contributed by atoms with Crippen molar-refractivity contribution < 1.29 is 9.53 Å². The molecule has 2 aliphatic heterocycles. The monoisotopic (exact) mass is 475 g/mol.